The van der Waals surface area contributed by atoms with Crippen LogP contribution in [-0.4, -0.2) is 29.0 Å². The Morgan fingerprint density at radius 2 is 1.57 bits per heavy atom. The van der Waals surface area contributed by atoms with Crippen LogP contribution in [0.25, 0.3) is 34.2 Å². The molecule has 0 aliphatic heterocycles. The second-order valence-electron chi connectivity index (χ2n) is 7.22. The number of halogens is 3. The number of nitrogens with zero attached hydrogens (tertiary/aromatic N) is 2. The van der Waals surface area contributed by atoms with E-state index in [-0.39, 0.29) is 11.3 Å². The van der Waals surface area contributed by atoms with Crippen molar-refractivity contribution >= 4 is 0 Å². The molecule has 0 saturated heterocycles. The van der Waals surface area contributed by atoms with Gasteiger partial charge < -0.3 is 14.3 Å². The van der Waals surface area contributed by atoms with Crippen molar-refractivity contribution in [3.63, 3.8) is 0 Å². The second kappa shape index (κ2) is 7.84. The maximum absolute atomic E-state index is 13.4. The standard InChI is InChI=1S/C23H20F3N3O/c1-29(2)14-18-21(15-8-4-3-5-9-15)28-22(27-18)20-13-12-19(30-20)16-10-6-7-11-17(16)23(24,25)26/h3-13H,14H2,1-2H3,(H,27,28). The first-order valence-corrected chi connectivity index (χ1v) is 9.39. The number of aromatic amines is 1. The first-order chi connectivity index (χ1) is 14.3. The van der Waals surface area contributed by atoms with Crippen LogP contribution in [0.3, 0.4) is 0 Å². The number of H-pyrrole nitrogens is 1. The van der Waals surface area contributed by atoms with Gasteiger partial charge in [0.1, 0.15) is 5.76 Å². The molecule has 0 unspecified atom stereocenters. The van der Waals surface area contributed by atoms with Crippen LogP contribution in [-0.2, 0) is 12.7 Å². The third-order valence-electron chi connectivity index (χ3n) is 4.64. The molecule has 0 aliphatic carbocycles. The van der Waals surface area contributed by atoms with Crippen LogP contribution in [0.5, 0.6) is 0 Å². The largest absolute Gasteiger partial charge is 0.453 e. The third kappa shape index (κ3) is 4.02. The van der Waals surface area contributed by atoms with Gasteiger partial charge in [0.05, 0.1) is 17.0 Å². The van der Waals surface area contributed by atoms with Gasteiger partial charge in [-0.05, 0) is 32.3 Å². The highest BCUT2D eigenvalue weighted by Gasteiger charge is 2.34. The maximum Gasteiger partial charge on any atom is 0.417 e. The van der Waals surface area contributed by atoms with E-state index in [0.29, 0.717) is 18.1 Å². The number of hydrogen-bond acceptors (Lipinski definition) is 3. The van der Waals surface area contributed by atoms with E-state index >= 15 is 0 Å². The molecule has 30 heavy (non-hydrogen) atoms. The van der Waals surface area contributed by atoms with Crippen molar-refractivity contribution in [2.75, 3.05) is 14.1 Å². The van der Waals surface area contributed by atoms with Gasteiger partial charge in [-0.25, -0.2) is 4.98 Å². The van der Waals surface area contributed by atoms with Gasteiger partial charge in [0.15, 0.2) is 11.6 Å². The Balaban J connectivity index is 1.75. The lowest BCUT2D eigenvalue weighted by atomic mass is 10.1. The summed E-state index contributed by atoms with van der Waals surface area (Å²) in [4.78, 5) is 9.96. The Morgan fingerprint density at radius 1 is 0.900 bits per heavy atom. The Bertz CT molecular complexity index is 1140. The van der Waals surface area contributed by atoms with Crippen molar-refractivity contribution in [1.29, 1.82) is 0 Å². The van der Waals surface area contributed by atoms with Gasteiger partial charge in [-0.15, -0.1) is 0 Å². The summed E-state index contributed by atoms with van der Waals surface area (Å²) in [6.45, 7) is 0.627. The fraction of sp³-hybridized carbons (Fsp3) is 0.174. The van der Waals surface area contributed by atoms with E-state index < -0.39 is 11.7 Å². The van der Waals surface area contributed by atoms with Crippen molar-refractivity contribution in [2.45, 2.75) is 12.7 Å². The van der Waals surface area contributed by atoms with Crippen LogP contribution in [0, 0.1) is 0 Å². The fourth-order valence-corrected chi connectivity index (χ4v) is 3.35. The van der Waals surface area contributed by atoms with Gasteiger partial charge in [0.25, 0.3) is 0 Å². The van der Waals surface area contributed by atoms with Gasteiger partial charge in [-0.1, -0.05) is 48.5 Å². The maximum atomic E-state index is 13.4. The molecule has 2 aromatic carbocycles. The minimum atomic E-state index is -4.46. The lowest BCUT2D eigenvalue weighted by Crippen LogP contribution is -2.11. The predicted molar refractivity (Wildman–Crippen MR) is 110 cm³/mol. The summed E-state index contributed by atoms with van der Waals surface area (Å²) < 4.78 is 45.9. The quantitative estimate of drug-likeness (QED) is 0.433. The average molecular weight is 411 g/mol. The summed E-state index contributed by atoms with van der Waals surface area (Å²) >= 11 is 0. The smallest absolute Gasteiger partial charge is 0.417 e. The van der Waals surface area contributed by atoms with Crippen LogP contribution in [0.15, 0.2) is 71.1 Å². The first-order valence-electron chi connectivity index (χ1n) is 9.39. The molecule has 0 bridgehead atoms. The molecule has 0 saturated carbocycles. The van der Waals surface area contributed by atoms with Crippen LogP contribution >= 0.6 is 0 Å². The van der Waals surface area contributed by atoms with Crippen molar-refractivity contribution in [2.24, 2.45) is 0 Å². The molecule has 0 amide bonds. The summed E-state index contributed by atoms with van der Waals surface area (Å²) in [7, 11) is 3.91. The van der Waals surface area contributed by atoms with Gasteiger partial charge >= 0.3 is 6.18 Å². The number of hydrogen-bond donors (Lipinski definition) is 1. The zero-order chi connectivity index (χ0) is 21.3. The summed E-state index contributed by atoms with van der Waals surface area (Å²) in [5.74, 6) is 0.996. The van der Waals surface area contributed by atoms with Crippen molar-refractivity contribution in [3.8, 4) is 34.2 Å². The second-order valence-corrected chi connectivity index (χ2v) is 7.22. The third-order valence-corrected chi connectivity index (χ3v) is 4.64. The molecule has 0 fully saturated rings. The highest BCUT2D eigenvalue weighted by atomic mass is 19.4. The van der Waals surface area contributed by atoms with Crippen molar-refractivity contribution < 1.29 is 17.6 Å². The lowest BCUT2D eigenvalue weighted by molar-refractivity contribution is -0.137. The molecule has 2 heterocycles. The van der Waals surface area contributed by atoms with E-state index in [1.54, 1.807) is 12.1 Å². The van der Waals surface area contributed by atoms with Crippen molar-refractivity contribution in [1.82, 2.24) is 14.9 Å². The molecule has 4 aromatic rings. The van der Waals surface area contributed by atoms with E-state index in [0.717, 1.165) is 23.0 Å². The van der Waals surface area contributed by atoms with Crippen LogP contribution in [0.2, 0.25) is 0 Å². The molecule has 0 atom stereocenters. The molecule has 2 aromatic heterocycles. The van der Waals surface area contributed by atoms with Crippen LogP contribution in [0.1, 0.15) is 11.3 Å². The Hall–Kier alpha value is -3.32. The number of imidazole rings is 1. The van der Waals surface area contributed by atoms with Crippen LogP contribution in [0.4, 0.5) is 13.2 Å². The molecular formula is C23H20F3N3O. The van der Waals surface area contributed by atoms with E-state index in [4.69, 9.17) is 4.42 Å². The molecule has 7 heteroatoms. The highest BCUT2D eigenvalue weighted by molar-refractivity contribution is 5.69. The zero-order valence-electron chi connectivity index (χ0n) is 16.5. The lowest BCUT2D eigenvalue weighted by Gasteiger charge is -2.10. The average Bonchev–Trinajstić information content (AvgIpc) is 3.35. The number of benzene rings is 2. The Kier molecular flexibility index (Phi) is 5.22. The Labute approximate surface area is 172 Å². The van der Waals surface area contributed by atoms with Crippen molar-refractivity contribution in [3.05, 3.63) is 78.0 Å². The molecule has 0 spiro atoms. The summed E-state index contributed by atoms with van der Waals surface area (Å²) in [5, 5.41) is 0. The molecule has 4 rings (SSSR count). The van der Waals surface area contributed by atoms with E-state index in [1.165, 1.54) is 18.2 Å². The summed E-state index contributed by atoms with van der Waals surface area (Å²) in [6, 6.07) is 18.3. The van der Waals surface area contributed by atoms with Crippen LogP contribution < -0.4 is 0 Å². The zero-order valence-corrected chi connectivity index (χ0v) is 16.5. The molecular weight excluding hydrogens is 391 g/mol. The van der Waals surface area contributed by atoms with E-state index in [2.05, 4.69) is 9.97 Å². The number of furan rings is 1. The normalized spacial score (nSPS) is 11.9. The van der Waals surface area contributed by atoms with Gasteiger partial charge in [-0.3, -0.25) is 0 Å². The molecule has 154 valence electrons. The minimum absolute atomic E-state index is 0.000367. The number of rotatable bonds is 5. The van der Waals surface area contributed by atoms with Gasteiger partial charge in [0, 0.05) is 17.7 Å². The molecule has 1 N–H and O–H groups in total. The van der Waals surface area contributed by atoms with Gasteiger partial charge in [0.2, 0.25) is 0 Å². The van der Waals surface area contributed by atoms with E-state index in [9.17, 15) is 13.2 Å². The van der Waals surface area contributed by atoms with Gasteiger partial charge in [-0.2, -0.15) is 13.2 Å². The molecule has 0 radical (unpaired) electrons. The minimum Gasteiger partial charge on any atom is -0.453 e. The number of nitrogens with one attached hydrogen (secondary N) is 1. The summed E-state index contributed by atoms with van der Waals surface area (Å²) in [6.07, 6.45) is -4.46. The number of aromatic nitrogens is 2. The molecule has 0 aliphatic rings. The summed E-state index contributed by atoms with van der Waals surface area (Å²) in [5.41, 5.74) is 1.90. The number of alkyl halides is 3. The predicted octanol–water partition coefficient (Wildman–Crippen LogP) is 6.08. The first kappa shape index (κ1) is 20.0. The fourth-order valence-electron chi connectivity index (χ4n) is 3.35. The highest BCUT2D eigenvalue weighted by Crippen LogP contribution is 2.38. The monoisotopic (exact) mass is 411 g/mol. The Morgan fingerprint density at radius 3 is 2.27 bits per heavy atom. The topological polar surface area (TPSA) is 45.1 Å². The SMILES string of the molecule is CN(C)Cc1[nH]c(-c2ccc(-c3ccccc3C(F)(F)F)o2)nc1-c1ccccc1. The molecule has 4 nitrogen and oxygen atoms in total. The van der Waals surface area contributed by atoms with E-state index in [1.807, 2.05) is 49.3 Å².